The maximum atomic E-state index is 5.91. The minimum atomic E-state index is -0.211. The third-order valence-electron chi connectivity index (χ3n) is 3.32. The Balaban J connectivity index is 2.07. The molecule has 0 fully saturated rings. The zero-order valence-corrected chi connectivity index (χ0v) is 12.2. The first-order chi connectivity index (χ1) is 9.72. The minimum absolute atomic E-state index is 0.211. The lowest BCUT2D eigenvalue weighted by Gasteiger charge is -2.11. The van der Waals surface area contributed by atoms with Gasteiger partial charge in [-0.1, -0.05) is 23.0 Å². The van der Waals surface area contributed by atoms with Gasteiger partial charge in [-0.25, -0.2) is 5.43 Å². The van der Waals surface area contributed by atoms with Gasteiger partial charge in [-0.05, 0) is 43.1 Å². The summed E-state index contributed by atoms with van der Waals surface area (Å²) < 4.78 is 9.92. The summed E-state index contributed by atoms with van der Waals surface area (Å²) in [5, 5.41) is 5.21. The van der Waals surface area contributed by atoms with Crippen LogP contribution >= 0.6 is 11.5 Å². The first-order valence-electron chi connectivity index (χ1n) is 6.50. The molecule has 20 heavy (non-hydrogen) atoms. The van der Waals surface area contributed by atoms with E-state index < -0.39 is 0 Å². The Labute approximate surface area is 120 Å². The number of furan rings is 1. The van der Waals surface area contributed by atoms with Crippen molar-refractivity contribution in [1.82, 2.24) is 15.0 Å². The van der Waals surface area contributed by atoms with Gasteiger partial charge in [-0.15, -0.1) is 5.10 Å². The molecule has 1 aromatic carbocycles. The number of hydrogen-bond donors (Lipinski definition) is 2. The summed E-state index contributed by atoms with van der Waals surface area (Å²) >= 11 is 1.35. The number of hydrazine groups is 1. The van der Waals surface area contributed by atoms with E-state index in [0.29, 0.717) is 0 Å². The second kappa shape index (κ2) is 5.32. The lowest BCUT2D eigenvalue weighted by atomic mass is 10.1. The summed E-state index contributed by atoms with van der Waals surface area (Å²) in [5.41, 5.74) is 5.83. The van der Waals surface area contributed by atoms with Gasteiger partial charge in [0.25, 0.3) is 0 Å². The van der Waals surface area contributed by atoms with Crippen molar-refractivity contribution >= 4 is 22.5 Å². The van der Waals surface area contributed by atoms with Crippen LogP contribution in [0.1, 0.15) is 34.9 Å². The van der Waals surface area contributed by atoms with Crippen molar-refractivity contribution in [2.75, 3.05) is 0 Å². The van der Waals surface area contributed by atoms with Crippen LogP contribution in [0, 0.1) is 6.92 Å². The minimum Gasteiger partial charge on any atom is -0.459 e. The van der Waals surface area contributed by atoms with Crippen LogP contribution in [-0.2, 0) is 6.42 Å². The van der Waals surface area contributed by atoms with Crippen LogP contribution in [0.15, 0.2) is 28.7 Å². The van der Waals surface area contributed by atoms with Gasteiger partial charge in [0.2, 0.25) is 0 Å². The highest BCUT2D eigenvalue weighted by atomic mass is 32.1. The average molecular weight is 288 g/mol. The van der Waals surface area contributed by atoms with Gasteiger partial charge in [-0.3, -0.25) is 5.84 Å². The number of benzene rings is 1. The molecule has 2 heterocycles. The Bertz CT molecular complexity index is 734. The van der Waals surface area contributed by atoms with E-state index in [9.17, 15) is 0 Å². The molecule has 2 aromatic heterocycles. The topological polar surface area (TPSA) is 77.0 Å². The molecular formula is C14H16N4OS. The van der Waals surface area contributed by atoms with Gasteiger partial charge in [0.05, 0.1) is 10.6 Å². The molecule has 1 unspecified atom stereocenters. The quantitative estimate of drug-likeness (QED) is 0.570. The summed E-state index contributed by atoms with van der Waals surface area (Å²) in [7, 11) is 0. The van der Waals surface area contributed by atoms with Crippen molar-refractivity contribution in [3.05, 3.63) is 46.2 Å². The molecule has 104 valence electrons. The predicted octanol–water partition coefficient (Wildman–Crippen LogP) is 2.71. The molecule has 0 spiro atoms. The van der Waals surface area contributed by atoms with Gasteiger partial charge in [0.1, 0.15) is 17.4 Å². The van der Waals surface area contributed by atoms with Crippen LogP contribution in [-0.4, -0.2) is 9.59 Å². The van der Waals surface area contributed by atoms with Crippen molar-refractivity contribution in [2.45, 2.75) is 26.3 Å². The molecule has 1 atom stereocenters. The van der Waals surface area contributed by atoms with Gasteiger partial charge in [0.15, 0.2) is 0 Å². The molecule has 6 heteroatoms. The van der Waals surface area contributed by atoms with E-state index in [4.69, 9.17) is 10.3 Å². The van der Waals surface area contributed by atoms with Crippen LogP contribution in [0.3, 0.4) is 0 Å². The number of rotatable bonds is 4. The molecule has 0 bridgehead atoms. The fourth-order valence-corrected chi connectivity index (χ4v) is 3.10. The number of nitrogens with zero attached hydrogens (tertiary/aromatic N) is 2. The lowest BCUT2D eigenvalue weighted by Crippen LogP contribution is -2.28. The van der Waals surface area contributed by atoms with Crippen LogP contribution in [0.25, 0.3) is 11.0 Å². The number of fused-ring (bicyclic) bond motifs is 1. The normalized spacial score (nSPS) is 12.9. The van der Waals surface area contributed by atoms with Crippen LogP contribution in [0.2, 0.25) is 0 Å². The summed E-state index contributed by atoms with van der Waals surface area (Å²) in [6, 6.07) is 7.92. The summed E-state index contributed by atoms with van der Waals surface area (Å²) in [5.74, 6) is 6.50. The van der Waals surface area contributed by atoms with Crippen LogP contribution in [0.4, 0.5) is 0 Å². The molecule has 0 radical (unpaired) electrons. The monoisotopic (exact) mass is 288 g/mol. The summed E-state index contributed by atoms with van der Waals surface area (Å²) in [6.07, 6.45) is 0.823. The molecule has 3 aromatic rings. The van der Waals surface area contributed by atoms with Gasteiger partial charge in [-0.2, -0.15) is 0 Å². The van der Waals surface area contributed by atoms with E-state index in [0.717, 1.165) is 33.7 Å². The highest BCUT2D eigenvalue weighted by Crippen LogP contribution is 2.31. The maximum Gasteiger partial charge on any atom is 0.134 e. The number of nitrogens with two attached hydrogens (primary N) is 1. The third-order valence-corrected chi connectivity index (χ3v) is 4.16. The second-order valence-corrected chi connectivity index (χ2v) is 5.51. The highest BCUT2D eigenvalue weighted by molar-refractivity contribution is 7.05. The Kier molecular flexibility index (Phi) is 3.52. The van der Waals surface area contributed by atoms with Gasteiger partial charge >= 0.3 is 0 Å². The van der Waals surface area contributed by atoms with Crippen molar-refractivity contribution in [3.63, 3.8) is 0 Å². The maximum absolute atomic E-state index is 5.91. The van der Waals surface area contributed by atoms with Crippen molar-refractivity contribution in [3.8, 4) is 0 Å². The van der Waals surface area contributed by atoms with Gasteiger partial charge in [0, 0.05) is 5.39 Å². The lowest BCUT2D eigenvalue weighted by molar-refractivity contribution is 0.479. The van der Waals surface area contributed by atoms with E-state index in [1.54, 1.807) is 0 Å². The van der Waals surface area contributed by atoms with E-state index in [1.165, 1.54) is 17.1 Å². The predicted molar refractivity (Wildman–Crippen MR) is 79.4 cm³/mol. The van der Waals surface area contributed by atoms with Crippen molar-refractivity contribution in [2.24, 2.45) is 5.84 Å². The first kappa shape index (κ1) is 13.2. The zero-order valence-electron chi connectivity index (χ0n) is 11.4. The molecule has 0 saturated carbocycles. The SMILES string of the molecule is CCc1nnsc1C(NN)c1cc2cc(C)ccc2o1. The summed E-state index contributed by atoms with van der Waals surface area (Å²) in [4.78, 5) is 1.01. The van der Waals surface area contributed by atoms with Crippen LogP contribution in [0.5, 0.6) is 0 Å². The van der Waals surface area contributed by atoms with E-state index in [1.807, 2.05) is 18.2 Å². The number of nitrogens with one attached hydrogen (secondary N) is 1. The second-order valence-electron chi connectivity index (χ2n) is 4.73. The average Bonchev–Trinajstić information content (AvgIpc) is 3.05. The molecule has 0 saturated heterocycles. The molecule has 3 N–H and O–H groups in total. The smallest absolute Gasteiger partial charge is 0.134 e. The van der Waals surface area contributed by atoms with Crippen molar-refractivity contribution < 1.29 is 4.42 Å². The van der Waals surface area contributed by atoms with E-state index in [2.05, 4.69) is 34.9 Å². The fraction of sp³-hybridized carbons (Fsp3) is 0.286. The molecular weight excluding hydrogens is 272 g/mol. The molecule has 0 aliphatic carbocycles. The first-order valence-corrected chi connectivity index (χ1v) is 7.27. The Hall–Kier alpha value is -1.76. The van der Waals surface area contributed by atoms with Crippen LogP contribution < -0.4 is 11.3 Å². The largest absolute Gasteiger partial charge is 0.459 e. The van der Waals surface area contributed by atoms with Crippen molar-refractivity contribution in [1.29, 1.82) is 0 Å². The van der Waals surface area contributed by atoms with E-state index >= 15 is 0 Å². The Morgan fingerprint density at radius 3 is 3.00 bits per heavy atom. The summed E-state index contributed by atoms with van der Waals surface area (Å²) in [6.45, 7) is 4.11. The number of hydrogen-bond acceptors (Lipinski definition) is 6. The Morgan fingerprint density at radius 2 is 2.25 bits per heavy atom. The molecule has 3 rings (SSSR count). The third kappa shape index (κ3) is 2.22. The molecule has 0 amide bonds. The number of aryl methyl sites for hydroxylation is 2. The molecule has 0 aliphatic heterocycles. The number of aromatic nitrogens is 2. The zero-order chi connectivity index (χ0) is 14.1. The standard InChI is InChI=1S/C14H16N4OS/c1-3-10-14(20-18-17-10)13(16-15)12-7-9-6-8(2)4-5-11(9)19-12/h4-7,13,16H,3,15H2,1-2H3. The fourth-order valence-electron chi connectivity index (χ4n) is 2.29. The molecule has 5 nitrogen and oxygen atoms in total. The highest BCUT2D eigenvalue weighted by Gasteiger charge is 2.22. The van der Waals surface area contributed by atoms with E-state index in [-0.39, 0.29) is 6.04 Å². The Morgan fingerprint density at radius 1 is 1.40 bits per heavy atom. The molecule has 0 aliphatic rings. The van der Waals surface area contributed by atoms with Gasteiger partial charge < -0.3 is 4.42 Å².